The van der Waals surface area contributed by atoms with Crippen molar-refractivity contribution in [3.63, 3.8) is 0 Å². The average Bonchev–Trinajstić information content (AvgIpc) is 3.38. The number of hydrogen-bond acceptors (Lipinski definition) is 6. The van der Waals surface area contributed by atoms with Gasteiger partial charge in [-0.1, -0.05) is 254 Å². The van der Waals surface area contributed by atoms with Gasteiger partial charge in [0, 0.05) is 19.3 Å². The molecule has 0 fully saturated rings. The first-order chi connectivity index (χ1) is 35.5. The molecular formula is C66H116O6. The summed E-state index contributed by atoms with van der Waals surface area (Å²) in [6.07, 6.45) is 77.6. The highest BCUT2D eigenvalue weighted by atomic mass is 16.6. The zero-order chi connectivity index (χ0) is 52.2. The van der Waals surface area contributed by atoms with E-state index in [4.69, 9.17) is 14.2 Å². The summed E-state index contributed by atoms with van der Waals surface area (Å²) in [5, 5.41) is 0. The first-order valence-corrected chi connectivity index (χ1v) is 30.9. The smallest absolute Gasteiger partial charge is 0.306 e. The largest absolute Gasteiger partial charge is 0.462 e. The first-order valence-electron chi connectivity index (χ1n) is 30.9. The maximum Gasteiger partial charge on any atom is 0.306 e. The Morgan fingerprint density at radius 1 is 0.278 bits per heavy atom. The van der Waals surface area contributed by atoms with Crippen LogP contribution in [0.3, 0.4) is 0 Å². The predicted molar refractivity (Wildman–Crippen MR) is 311 cm³/mol. The van der Waals surface area contributed by atoms with Gasteiger partial charge in [0.2, 0.25) is 0 Å². The number of hydrogen-bond donors (Lipinski definition) is 0. The van der Waals surface area contributed by atoms with E-state index < -0.39 is 6.10 Å². The molecule has 0 N–H and O–H groups in total. The lowest BCUT2D eigenvalue weighted by atomic mass is 10.0. The van der Waals surface area contributed by atoms with E-state index in [0.717, 1.165) is 122 Å². The summed E-state index contributed by atoms with van der Waals surface area (Å²) in [5.74, 6) is -0.904. The quantitative estimate of drug-likeness (QED) is 0.0261. The summed E-state index contributed by atoms with van der Waals surface area (Å²) >= 11 is 0. The summed E-state index contributed by atoms with van der Waals surface area (Å²) < 4.78 is 16.9. The normalized spacial score (nSPS) is 12.5. The summed E-state index contributed by atoms with van der Waals surface area (Å²) in [6.45, 7) is 6.55. The lowest BCUT2D eigenvalue weighted by Crippen LogP contribution is -2.30. The van der Waals surface area contributed by atoms with Crippen LogP contribution in [0.2, 0.25) is 0 Å². The second kappa shape index (κ2) is 60.4. The molecule has 0 aliphatic heterocycles. The zero-order valence-corrected chi connectivity index (χ0v) is 47.7. The molecule has 1 unspecified atom stereocenters. The van der Waals surface area contributed by atoms with Gasteiger partial charge >= 0.3 is 17.9 Å². The van der Waals surface area contributed by atoms with Crippen molar-refractivity contribution in [3.05, 3.63) is 72.9 Å². The van der Waals surface area contributed by atoms with Crippen molar-refractivity contribution >= 4 is 17.9 Å². The number of allylic oxidation sites excluding steroid dienone is 12. The number of unbranched alkanes of at least 4 members (excludes halogenated alkanes) is 33. The highest BCUT2D eigenvalue weighted by molar-refractivity contribution is 5.71. The van der Waals surface area contributed by atoms with Crippen molar-refractivity contribution in [2.24, 2.45) is 0 Å². The number of carbonyl (C=O) groups excluding carboxylic acids is 3. The van der Waals surface area contributed by atoms with Gasteiger partial charge in [-0.3, -0.25) is 14.4 Å². The van der Waals surface area contributed by atoms with E-state index in [9.17, 15) is 14.4 Å². The molecule has 0 saturated heterocycles. The molecular weight excluding hydrogens is 889 g/mol. The van der Waals surface area contributed by atoms with Gasteiger partial charge < -0.3 is 14.2 Å². The Labute approximate surface area is 446 Å². The predicted octanol–water partition coefficient (Wildman–Crippen LogP) is 20.9. The van der Waals surface area contributed by atoms with Crippen LogP contribution in [-0.2, 0) is 28.6 Å². The fourth-order valence-electron chi connectivity index (χ4n) is 8.72. The molecule has 0 bridgehead atoms. The Morgan fingerprint density at radius 2 is 0.528 bits per heavy atom. The van der Waals surface area contributed by atoms with Gasteiger partial charge in [-0.05, 0) is 109 Å². The van der Waals surface area contributed by atoms with E-state index in [1.54, 1.807) is 0 Å². The molecule has 0 saturated carbocycles. The molecule has 0 rings (SSSR count). The average molecular weight is 1010 g/mol. The van der Waals surface area contributed by atoms with E-state index in [1.165, 1.54) is 148 Å². The third kappa shape index (κ3) is 57.7. The van der Waals surface area contributed by atoms with Crippen LogP contribution in [0.15, 0.2) is 72.9 Å². The molecule has 0 aromatic carbocycles. The SMILES string of the molecule is CCC/C=C\C/C=C\CCCCCCCC(=O)OCC(COC(=O)CCCCCCCCCCCCCCC/C=C\C/C=C\CCCCCCC)OC(=O)CCCCCCC/C=C\C/C=C\CCCCCC. The Kier molecular flexibility index (Phi) is 57.8. The monoisotopic (exact) mass is 1000 g/mol. The van der Waals surface area contributed by atoms with Crippen molar-refractivity contribution in [2.45, 2.75) is 316 Å². The summed E-state index contributed by atoms with van der Waals surface area (Å²) in [6, 6.07) is 0. The van der Waals surface area contributed by atoms with Crippen LogP contribution < -0.4 is 0 Å². The minimum absolute atomic E-state index is 0.0849. The molecule has 72 heavy (non-hydrogen) atoms. The van der Waals surface area contributed by atoms with Gasteiger partial charge in [0.05, 0.1) is 0 Å². The standard InChI is InChI=1S/C66H116O6/c1-4-7-10-13-16-19-22-25-27-29-30-31-32-33-34-35-36-37-39-41-44-47-50-53-56-59-65(68)71-62-63(61-70-64(67)58-55-52-49-46-43-40-24-21-18-15-12-9-6-3)72-66(69)60-57-54-51-48-45-42-38-28-26-23-20-17-14-11-8-5-2/h12,15,20-25,28-30,38,63H,4-11,13-14,16-19,26-27,31-37,39-62H2,1-3H3/b15-12-,23-20-,24-21-,25-22-,30-29-,38-28-. The van der Waals surface area contributed by atoms with Crippen molar-refractivity contribution in [1.29, 1.82) is 0 Å². The number of rotatable bonds is 56. The third-order valence-corrected chi connectivity index (χ3v) is 13.4. The molecule has 0 radical (unpaired) electrons. The molecule has 0 aromatic heterocycles. The maximum absolute atomic E-state index is 12.9. The van der Waals surface area contributed by atoms with Gasteiger partial charge in [-0.2, -0.15) is 0 Å². The van der Waals surface area contributed by atoms with Crippen LogP contribution in [-0.4, -0.2) is 37.2 Å². The highest BCUT2D eigenvalue weighted by Crippen LogP contribution is 2.16. The first kappa shape index (κ1) is 68.8. The molecule has 0 aliphatic carbocycles. The van der Waals surface area contributed by atoms with E-state index in [1.807, 2.05) is 0 Å². The van der Waals surface area contributed by atoms with Gasteiger partial charge in [0.1, 0.15) is 13.2 Å². The molecule has 6 nitrogen and oxygen atoms in total. The van der Waals surface area contributed by atoms with Crippen LogP contribution in [0.1, 0.15) is 310 Å². The maximum atomic E-state index is 12.9. The topological polar surface area (TPSA) is 78.9 Å². The second-order valence-electron chi connectivity index (χ2n) is 20.6. The van der Waals surface area contributed by atoms with E-state index in [2.05, 4.69) is 93.7 Å². The van der Waals surface area contributed by atoms with Crippen LogP contribution >= 0.6 is 0 Å². The minimum Gasteiger partial charge on any atom is -0.462 e. The molecule has 0 aliphatic rings. The van der Waals surface area contributed by atoms with Gasteiger partial charge in [-0.15, -0.1) is 0 Å². The summed E-state index contributed by atoms with van der Waals surface area (Å²) in [4.78, 5) is 38.2. The summed E-state index contributed by atoms with van der Waals surface area (Å²) in [5.41, 5.74) is 0. The summed E-state index contributed by atoms with van der Waals surface area (Å²) in [7, 11) is 0. The van der Waals surface area contributed by atoms with E-state index in [-0.39, 0.29) is 31.1 Å². The van der Waals surface area contributed by atoms with Gasteiger partial charge in [0.15, 0.2) is 6.10 Å². The van der Waals surface area contributed by atoms with Gasteiger partial charge in [-0.25, -0.2) is 0 Å². The Morgan fingerprint density at radius 3 is 0.833 bits per heavy atom. The highest BCUT2D eigenvalue weighted by Gasteiger charge is 2.19. The molecule has 0 spiro atoms. The molecule has 0 heterocycles. The third-order valence-electron chi connectivity index (χ3n) is 13.4. The van der Waals surface area contributed by atoms with Crippen LogP contribution in [0.5, 0.6) is 0 Å². The Hall–Kier alpha value is -3.15. The lowest BCUT2D eigenvalue weighted by Gasteiger charge is -2.18. The van der Waals surface area contributed by atoms with Crippen LogP contribution in [0, 0.1) is 0 Å². The lowest BCUT2D eigenvalue weighted by molar-refractivity contribution is -0.167. The fraction of sp³-hybridized carbons (Fsp3) is 0.773. The number of esters is 3. The molecule has 1 atom stereocenters. The molecule has 0 aromatic rings. The van der Waals surface area contributed by atoms with Crippen molar-refractivity contribution in [2.75, 3.05) is 13.2 Å². The Bertz CT molecular complexity index is 1340. The van der Waals surface area contributed by atoms with Crippen molar-refractivity contribution < 1.29 is 28.6 Å². The van der Waals surface area contributed by atoms with Crippen molar-refractivity contribution in [1.82, 2.24) is 0 Å². The Balaban J connectivity index is 4.30. The molecule has 6 heteroatoms. The zero-order valence-electron chi connectivity index (χ0n) is 47.7. The van der Waals surface area contributed by atoms with E-state index in [0.29, 0.717) is 19.3 Å². The van der Waals surface area contributed by atoms with Gasteiger partial charge in [0.25, 0.3) is 0 Å². The van der Waals surface area contributed by atoms with Crippen molar-refractivity contribution in [3.8, 4) is 0 Å². The van der Waals surface area contributed by atoms with Crippen LogP contribution in [0.25, 0.3) is 0 Å². The second-order valence-corrected chi connectivity index (χ2v) is 20.6. The molecule has 0 amide bonds. The minimum atomic E-state index is -0.789. The van der Waals surface area contributed by atoms with Crippen LogP contribution in [0.4, 0.5) is 0 Å². The van der Waals surface area contributed by atoms with E-state index >= 15 is 0 Å². The number of ether oxygens (including phenoxy) is 3. The molecule has 416 valence electrons. The fourth-order valence-corrected chi connectivity index (χ4v) is 8.72. The number of carbonyl (C=O) groups is 3.